The molecule has 0 aliphatic carbocycles. The number of aromatic nitrogens is 4. The maximum absolute atomic E-state index is 14.2. The van der Waals surface area contributed by atoms with Crippen LogP contribution in [0.25, 0.3) is 33.3 Å². The SMILES string of the molecule is CCc1c2c(nc3ccc(O)cc13)-c1cc3c(c(=O)n1C2)COC(=O)[C@@]3(CC)OC(=O)c1ccc(NC(=O)[C@H](C)NC(=O)[C@@H](NC(=O)CCOCCOCCOCCOCCOCCOCCOCCOCCNC(=O)[C@H](CS(=O)(=O)O)NC(=O)CCn2c(CN(C)NC)cc3cccnc32)C(C)C)cc1. The molecular weight excluding hydrogens is 1400 g/mol. The third kappa shape index (κ3) is 23.3. The number of nitrogens with one attached hydrogen (secondary N) is 6. The standard InChI is InChI=1S/C72H97N11O22S/c1-8-53-54-40-52(84)16-17-58(54)79-64-55(53)43-83-60(64)41-57-56(69(83)90)44-104-71(92)72(57,9-2)105-70(91)48-12-14-50(15-13-48)77-66(87)47(5)76-68(89)63(46(3)4)80-62(86)19-23-96-25-27-98-29-31-100-33-35-102-37-38-103-36-34-101-32-30-99-28-26-97-24-21-75-67(88)59(45-106(93,94)95)78-61(85)18-22-82-51(42-81(7)73-6)39-49-11-10-20-74-65(49)82/h10-17,20,39-41,46-47,59,63,73,84H,8-9,18-19,21-38,42-45H2,1-7H3,(H,75,88)(H,76,89)(H,77,87)(H,78,85)(H,80,86)(H,93,94,95)/t47-,59-,63-,72-/m0/s1. The molecule has 0 unspecified atom stereocenters. The molecule has 4 atom stereocenters. The molecular formula is C72H97N11O22S. The van der Waals surface area contributed by atoms with E-state index in [0.717, 1.165) is 27.6 Å². The molecule has 6 aromatic rings. The number of rotatable bonds is 47. The minimum atomic E-state index is -4.62. The Labute approximate surface area is 614 Å². The van der Waals surface area contributed by atoms with Crippen LogP contribution in [0.3, 0.4) is 0 Å². The highest BCUT2D eigenvalue weighted by molar-refractivity contribution is 7.85. The number of phenols is 1. The van der Waals surface area contributed by atoms with Crippen LogP contribution in [0.15, 0.2) is 77.7 Å². The minimum Gasteiger partial charge on any atom is -0.508 e. The molecule has 0 fully saturated rings. The van der Waals surface area contributed by atoms with Crippen LogP contribution in [0.1, 0.15) is 92.2 Å². The largest absolute Gasteiger partial charge is 0.508 e. The molecule has 106 heavy (non-hydrogen) atoms. The molecule has 34 heteroatoms. The highest BCUT2D eigenvalue weighted by Crippen LogP contribution is 2.43. The number of pyridine rings is 3. The molecule has 33 nitrogen and oxygen atoms in total. The van der Waals surface area contributed by atoms with Crippen molar-refractivity contribution in [3.63, 3.8) is 0 Å². The molecule has 0 saturated carbocycles. The van der Waals surface area contributed by atoms with Crippen LogP contribution in [0.2, 0.25) is 0 Å². The average molecular weight is 1500 g/mol. The zero-order valence-electron chi connectivity index (χ0n) is 60.8. The van der Waals surface area contributed by atoms with E-state index in [1.165, 1.54) is 31.2 Å². The van der Waals surface area contributed by atoms with Crippen molar-refractivity contribution in [2.45, 2.75) is 110 Å². The van der Waals surface area contributed by atoms with Gasteiger partial charge in [0.15, 0.2) is 0 Å². The van der Waals surface area contributed by atoms with E-state index in [1.54, 1.807) is 62.8 Å². The number of hydrogen-bond donors (Lipinski definition) is 8. The van der Waals surface area contributed by atoms with Crippen molar-refractivity contribution in [2.24, 2.45) is 5.92 Å². The van der Waals surface area contributed by atoms with Crippen LogP contribution in [0, 0.1) is 5.92 Å². The summed E-state index contributed by atoms with van der Waals surface area (Å²) in [7, 11) is -0.975. The predicted octanol–water partition coefficient (Wildman–Crippen LogP) is 2.81. The number of amides is 5. The van der Waals surface area contributed by atoms with Crippen LogP contribution >= 0.6 is 0 Å². The van der Waals surface area contributed by atoms with Gasteiger partial charge in [0, 0.05) is 72.5 Å². The van der Waals surface area contributed by atoms with Crippen LogP contribution in [-0.4, -0.2) is 234 Å². The topological polar surface area (TPSA) is 415 Å². The fraction of sp³-hybridized carbons (Fsp3) is 0.528. The van der Waals surface area contributed by atoms with Gasteiger partial charge in [-0.05, 0) is 105 Å². The molecule has 5 amide bonds. The number of hydrazine groups is 1. The number of ether oxygens (including phenoxy) is 10. The van der Waals surface area contributed by atoms with Gasteiger partial charge in [0.1, 0.15) is 41.9 Å². The van der Waals surface area contributed by atoms with E-state index in [2.05, 4.69) is 37.0 Å². The Morgan fingerprint density at radius 3 is 1.91 bits per heavy atom. The van der Waals surface area contributed by atoms with Crippen LogP contribution in [0.4, 0.5) is 5.69 Å². The zero-order valence-corrected chi connectivity index (χ0v) is 61.6. The van der Waals surface area contributed by atoms with Crippen molar-refractivity contribution in [2.75, 3.05) is 137 Å². The number of carbonyl (C=O) groups is 7. The first kappa shape index (κ1) is 82.7. The van der Waals surface area contributed by atoms with E-state index >= 15 is 0 Å². The number of benzene rings is 2. The first-order valence-electron chi connectivity index (χ1n) is 35.2. The van der Waals surface area contributed by atoms with Crippen LogP contribution in [0.5, 0.6) is 5.75 Å². The van der Waals surface area contributed by atoms with E-state index < -0.39 is 86.6 Å². The predicted molar refractivity (Wildman–Crippen MR) is 386 cm³/mol. The van der Waals surface area contributed by atoms with Gasteiger partial charge in [-0.3, -0.25) is 38.7 Å². The molecule has 2 aliphatic rings. The second-order valence-electron chi connectivity index (χ2n) is 25.4. The second-order valence-corrected chi connectivity index (χ2v) is 26.9. The van der Waals surface area contributed by atoms with Gasteiger partial charge in [-0.2, -0.15) is 8.42 Å². The summed E-state index contributed by atoms with van der Waals surface area (Å²) in [6, 6.07) is 14.4. The highest BCUT2D eigenvalue weighted by atomic mass is 32.2. The molecule has 8 N–H and O–H groups in total. The monoisotopic (exact) mass is 1500 g/mol. The first-order valence-corrected chi connectivity index (χ1v) is 36.9. The number of aromatic hydroxyl groups is 1. The molecule has 2 aromatic carbocycles. The van der Waals surface area contributed by atoms with Gasteiger partial charge in [0.25, 0.3) is 15.7 Å². The van der Waals surface area contributed by atoms with Crippen molar-refractivity contribution in [1.29, 1.82) is 0 Å². The summed E-state index contributed by atoms with van der Waals surface area (Å²) < 4.78 is 92.2. The lowest BCUT2D eigenvalue weighted by molar-refractivity contribution is -0.173. The molecule has 0 spiro atoms. The van der Waals surface area contributed by atoms with E-state index in [4.69, 9.17) is 52.4 Å². The van der Waals surface area contributed by atoms with E-state index in [1.807, 2.05) is 41.7 Å². The molecule has 6 heterocycles. The second kappa shape index (κ2) is 40.7. The Morgan fingerprint density at radius 2 is 1.32 bits per heavy atom. The van der Waals surface area contributed by atoms with Crippen molar-refractivity contribution in [1.82, 2.24) is 50.8 Å². The third-order valence-corrected chi connectivity index (χ3v) is 18.3. The summed E-state index contributed by atoms with van der Waals surface area (Å²) in [6.45, 7) is 13.7. The number of carbonyl (C=O) groups excluding carboxylic acids is 7. The number of nitrogens with zero attached hydrogens (tertiary/aromatic N) is 5. The van der Waals surface area contributed by atoms with Gasteiger partial charge < -0.3 is 88.2 Å². The van der Waals surface area contributed by atoms with E-state index in [0.29, 0.717) is 102 Å². The number of aryl methyl sites for hydroxylation is 2. The number of fused-ring (bicyclic) bond motifs is 6. The first-order chi connectivity index (χ1) is 50.9. The number of esters is 2. The Kier molecular flexibility index (Phi) is 31.8. The molecule has 8 rings (SSSR count). The Morgan fingerprint density at radius 1 is 0.717 bits per heavy atom. The van der Waals surface area contributed by atoms with Gasteiger partial charge in [0.2, 0.25) is 35.1 Å². The summed E-state index contributed by atoms with van der Waals surface area (Å²) in [5, 5.41) is 26.8. The molecule has 0 saturated heterocycles. The molecule has 0 radical (unpaired) electrons. The number of cyclic esters (lactones) is 1. The highest BCUT2D eigenvalue weighted by Gasteiger charge is 2.51. The average Bonchev–Trinajstić information content (AvgIpc) is 1.52. The minimum absolute atomic E-state index is 0.00917. The summed E-state index contributed by atoms with van der Waals surface area (Å²) >= 11 is 0. The number of hydrogen-bond acceptors (Lipinski definition) is 25. The third-order valence-electron chi connectivity index (χ3n) is 17.5. The Bertz CT molecular complexity index is 4170. The Balaban J connectivity index is 0.600. The van der Waals surface area contributed by atoms with Gasteiger partial charge >= 0.3 is 11.9 Å². The van der Waals surface area contributed by atoms with Crippen molar-refractivity contribution >= 4 is 79.2 Å². The molecule has 578 valence electrons. The summed E-state index contributed by atoms with van der Waals surface area (Å²) in [5.41, 5.74) is 6.27. The van der Waals surface area contributed by atoms with Crippen molar-refractivity contribution in [3.05, 3.63) is 117 Å². The number of anilines is 1. The normalized spacial score (nSPS) is 14.8. The maximum atomic E-state index is 14.2. The summed E-state index contributed by atoms with van der Waals surface area (Å²) in [4.78, 5) is 117. The van der Waals surface area contributed by atoms with Gasteiger partial charge in [0.05, 0.1) is 147 Å². The summed E-state index contributed by atoms with van der Waals surface area (Å²) in [6.07, 6.45) is 2.06. The van der Waals surface area contributed by atoms with Gasteiger partial charge in [-0.25, -0.2) is 24.6 Å². The molecule has 2 aliphatic heterocycles. The van der Waals surface area contributed by atoms with E-state index in [-0.39, 0.29) is 119 Å². The van der Waals surface area contributed by atoms with Crippen LogP contribution < -0.4 is 37.6 Å². The molecule has 0 bridgehead atoms. The van der Waals surface area contributed by atoms with Crippen LogP contribution in [-0.2, 0) is 125 Å². The lowest BCUT2D eigenvalue weighted by atomic mass is 9.85. The Hall–Kier alpha value is -8.91. The lowest BCUT2D eigenvalue weighted by Crippen LogP contribution is -2.53. The summed E-state index contributed by atoms with van der Waals surface area (Å²) in [5.74, 6) is -5.96. The lowest BCUT2D eigenvalue weighted by Gasteiger charge is -2.35. The number of phenolic OH excluding ortho intramolecular Hbond substituents is 1. The maximum Gasteiger partial charge on any atom is 0.355 e. The van der Waals surface area contributed by atoms with Crippen molar-refractivity contribution < 1.29 is 99.0 Å². The van der Waals surface area contributed by atoms with E-state index in [9.17, 15) is 56.4 Å². The van der Waals surface area contributed by atoms with Gasteiger partial charge in [-0.1, -0.05) is 27.7 Å². The van der Waals surface area contributed by atoms with Crippen molar-refractivity contribution in [3.8, 4) is 17.1 Å². The fourth-order valence-corrected chi connectivity index (χ4v) is 12.6. The zero-order chi connectivity index (χ0) is 76.3. The smallest absolute Gasteiger partial charge is 0.355 e. The fourth-order valence-electron chi connectivity index (χ4n) is 11.9. The van der Waals surface area contributed by atoms with Gasteiger partial charge in [-0.15, -0.1) is 0 Å². The molecule has 4 aromatic heterocycles. The quantitative estimate of drug-likeness (QED) is 0.0118.